The van der Waals surface area contributed by atoms with Crippen molar-refractivity contribution < 1.29 is 4.79 Å². The fourth-order valence-corrected chi connectivity index (χ4v) is 3.88. The molecule has 0 aromatic carbocycles. The van der Waals surface area contributed by atoms with E-state index >= 15 is 0 Å². The van der Waals surface area contributed by atoms with E-state index in [1.165, 1.54) is 25.7 Å². The van der Waals surface area contributed by atoms with E-state index < -0.39 is 0 Å². The average molecular weight is 501 g/mol. The second-order valence-corrected chi connectivity index (χ2v) is 7.87. The molecule has 0 spiro atoms. The van der Waals surface area contributed by atoms with E-state index in [9.17, 15) is 4.79 Å². The number of nitrogens with zero attached hydrogens (tertiary/aromatic N) is 4. The van der Waals surface area contributed by atoms with Crippen LogP contribution in [-0.2, 0) is 11.2 Å². The number of amides is 1. The van der Waals surface area contributed by atoms with Crippen LogP contribution in [0.15, 0.2) is 29.4 Å². The van der Waals surface area contributed by atoms with Gasteiger partial charge in [0.2, 0.25) is 5.91 Å². The number of hydrogen-bond donors (Lipinski definition) is 1. The highest BCUT2D eigenvalue weighted by Crippen LogP contribution is 2.33. The monoisotopic (exact) mass is 501 g/mol. The molecule has 0 saturated carbocycles. The van der Waals surface area contributed by atoms with Crippen molar-refractivity contribution in [3.8, 4) is 0 Å². The zero-order valence-corrected chi connectivity index (χ0v) is 20.1. The highest BCUT2D eigenvalue weighted by atomic mass is 127. The summed E-state index contributed by atoms with van der Waals surface area (Å²) in [6, 6.07) is 5.86. The SMILES string of the molecule is CCCC1(C)CCCN(C(=NC)NCC(=O)N(C)CCc2ccccn2)C1.I. The molecule has 2 heterocycles. The van der Waals surface area contributed by atoms with Gasteiger partial charge in [0.25, 0.3) is 0 Å². The average Bonchev–Trinajstić information content (AvgIpc) is 2.67. The van der Waals surface area contributed by atoms with Gasteiger partial charge >= 0.3 is 0 Å². The number of pyridine rings is 1. The van der Waals surface area contributed by atoms with Gasteiger partial charge in [-0.25, -0.2) is 0 Å². The van der Waals surface area contributed by atoms with Crippen molar-refractivity contribution >= 4 is 35.8 Å². The number of nitrogens with one attached hydrogen (secondary N) is 1. The largest absolute Gasteiger partial charge is 0.347 e. The van der Waals surface area contributed by atoms with Gasteiger partial charge in [-0.2, -0.15) is 0 Å². The van der Waals surface area contributed by atoms with E-state index in [0.717, 1.165) is 31.2 Å². The maximum Gasteiger partial charge on any atom is 0.241 e. The zero-order valence-electron chi connectivity index (χ0n) is 17.8. The predicted octanol–water partition coefficient (Wildman–Crippen LogP) is 3.18. The fourth-order valence-electron chi connectivity index (χ4n) is 3.88. The van der Waals surface area contributed by atoms with E-state index in [-0.39, 0.29) is 36.4 Å². The lowest BCUT2D eigenvalue weighted by Crippen LogP contribution is -2.51. The summed E-state index contributed by atoms with van der Waals surface area (Å²) in [4.78, 5) is 25.2. The summed E-state index contributed by atoms with van der Waals surface area (Å²) in [5, 5.41) is 3.27. The maximum absolute atomic E-state index is 12.5. The summed E-state index contributed by atoms with van der Waals surface area (Å²) in [6.07, 6.45) is 7.43. The summed E-state index contributed by atoms with van der Waals surface area (Å²) in [7, 11) is 3.64. The van der Waals surface area contributed by atoms with Crippen LogP contribution < -0.4 is 5.32 Å². The first kappa shape index (κ1) is 24.7. The minimum absolute atomic E-state index is 0. The Hall–Kier alpha value is -1.38. The van der Waals surface area contributed by atoms with E-state index in [0.29, 0.717) is 12.0 Å². The number of aliphatic imine (C=N–C) groups is 1. The number of carbonyl (C=O) groups excluding carboxylic acids is 1. The highest BCUT2D eigenvalue weighted by Gasteiger charge is 2.31. The molecule has 1 aromatic rings. The van der Waals surface area contributed by atoms with Crippen molar-refractivity contribution in [2.75, 3.05) is 40.3 Å². The first-order valence-corrected chi connectivity index (χ1v) is 10.1. The number of carbonyl (C=O) groups is 1. The lowest BCUT2D eigenvalue weighted by molar-refractivity contribution is -0.128. The summed E-state index contributed by atoms with van der Waals surface area (Å²) in [5.41, 5.74) is 1.35. The number of rotatable bonds is 7. The van der Waals surface area contributed by atoms with Crippen LogP contribution in [0, 0.1) is 5.41 Å². The van der Waals surface area contributed by atoms with E-state index in [2.05, 4.69) is 34.0 Å². The first-order chi connectivity index (χ1) is 13.0. The third-order valence-corrected chi connectivity index (χ3v) is 5.40. The Morgan fingerprint density at radius 3 is 2.86 bits per heavy atom. The molecule has 2 rings (SSSR count). The van der Waals surface area contributed by atoms with Gasteiger partial charge < -0.3 is 15.1 Å². The zero-order chi connectivity index (χ0) is 19.7. The Kier molecular flexibility index (Phi) is 10.8. The second-order valence-electron chi connectivity index (χ2n) is 7.87. The van der Waals surface area contributed by atoms with Gasteiger partial charge in [0.1, 0.15) is 0 Å². The molecule has 1 aromatic heterocycles. The summed E-state index contributed by atoms with van der Waals surface area (Å²) >= 11 is 0. The normalized spacial score (nSPS) is 19.7. The Bertz CT molecular complexity index is 620. The molecule has 158 valence electrons. The van der Waals surface area contributed by atoms with Gasteiger partial charge in [0.15, 0.2) is 5.96 Å². The number of hydrogen-bond acceptors (Lipinski definition) is 3. The van der Waals surface area contributed by atoms with Crippen LogP contribution >= 0.6 is 24.0 Å². The van der Waals surface area contributed by atoms with Crippen molar-refractivity contribution in [2.24, 2.45) is 10.4 Å². The smallest absolute Gasteiger partial charge is 0.241 e. The van der Waals surface area contributed by atoms with Crippen molar-refractivity contribution in [3.63, 3.8) is 0 Å². The van der Waals surface area contributed by atoms with Gasteiger partial charge in [-0.3, -0.25) is 14.8 Å². The number of halogens is 1. The lowest BCUT2D eigenvalue weighted by Gasteiger charge is -2.42. The van der Waals surface area contributed by atoms with Crippen molar-refractivity contribution in [1.82, 2.24) is 20.1 Å². The van der Waals surface area contributed by atoms with Gasteiger partial charge in [-0.15, -0.1) is 24.0 Å². The summed E-state index contributed by atoms with van der Waals surface area (Å²) in [6.45, 7) is 7.55. The van der Waals surface area contributed by atoms with Crippen LogP contribution in [0.4, 0.5) is 0 Å². The van der Waals surface area contributed by atoms with Crippen molar-refractivity contribution in [1.29, 1.82) is 0 Å². The molecule has 1 amide bonds. The molecule has 1 saturated heterocycles. The molecule has 0 aliphatic carbocycles. The van der Waals surface area contributed by atoms with Gasteiger partial charge in [0.05, 0.1) is 6.54 Å². The highest BCUT2D eigenvalue weighted by molar-refractivity contribution is 14.0. The molecule has 7 heteroatoms. The molecule has 1 N–H and O–H groups in total. The third kappa shape index (κ3) is 7.56. The van der Waals surface area contributed by atoms with Crippen LogP contribution in [0.5, 0.6) is 0 Å². The molecule has 28 heavy (non-hydrogen) atoms. The number of likely N-dealkylation sites (tertiary alicyclic amines) is 1. The van der Waals surface area contributed by atoms with Gasteiger partial charge in [-0.1, -0.05) is 26.3 Å². The van der Waals surface area contributed by atoms with E-state index in [1.54, 1.807) is 18.1 Å². The van der Waals surface area contributed by atoms with Crippen molar-refractivity contribution in [3.05, 3.63) is 30.1 Å². The third-order valence-electron chi connectivity index (χ3n) is 5.40. The number of guanidine groups is 1. The van der Waals surface area contributed by atoms with Crippen LogP contribution in [0.3, 0.4) is 0 Å². The molecular formula is C21H36IN5O. The number of likely N-dealkylation sites (N-methyl/N-ethyl adjacent to an activating group) is 1. The number of piperidine rings is 1. The quantitative estimate of drug-likeness (QED) is 0.354. The predicted molar refractivity (Wildman–Crippen MR) is 126 cm³/mol. The Morgan fingerprint density at radius 1 is 1.43 bits per heavy atom. The molecule has 1 fully saturated rings. The van der Waals surface area contributed by atoms with Crippen LogP contribution in [0.25, 0.3) is 0 Å². The first-order valence-electron chi connectivity index (χ1n) is 10.1. The minimum Gasteiger partial charge on any atom is -0.347 e. The lowest BCUT2D eigenvalue weighted by atomic mass is 9.78. The van der Waals surface area contributed by atoms with Gasteiger partial charge in [0, 0.05) is 52.0 Å². The molecule has 1 unspecified atom stereocenters. The summed E-state index contributed by atoms with van der Waals surface area (Å²) in [5.74, 6) is 0.906. The van der Waals surface area contributed by atoms with Crippen LogP contribution in [-0.4, -0.2) is 66.9 Å². The second kappa shape index (κ2) is 12.2. The minimum atomic E-state index is 0. The molecular weight excluding hydrogens is 465 g/mol. The Morgan fingerprint density at radius 2 is 2.21 bits per heavy atom. The topological polar surface area (TPSA) is 60.8 Å². The van der Waals surface area contributed by atoms with Crippen molar-refractivity contribution in [2.45, 2.75) is 46.0 Å². The Balaban J connectivity index is 0.00000392. The standard InChI is InChI=1S/C21H35N5O.HI/c1-5-11-21(2)12-8-14-26(17-21)20(22-3)24-16-19(27)25(4)15-10-18-9-6-7-13-23-18;/h6-7,9,13H,5,8,10-12,14-17H2,1-4H3,(H,22,24);1H. The van der Waals surface area contributed by atoms with Gasteiger partial charge in [-0.05, 0) is 36.8 Å². The molecule has 1 atom stereocenters. The van der Waals surface area contributed by atoms with E-state index in [4.69, 9.17) is 0 Å². The molecule has 6 nitrogen and oxygen atoms in total. The molecule has 0 bridgehead atoms. The maximum atomic E-state index is 12.5. The van der Waals surface area contributed by atoms with Crippen LogP contribution in [0.2, 0.25) is 0 Å². The number of aromatic nitrogens is 1. The molecule has 1 aliphatic rings. The van der Waals surface area contributed by atoms with Crippen LogP contribution in [0.1, 0.15) is 45.2 Å². The summed E-state index contributed by atoms with van der Waals surface area (Å²) < 4.78 is 0. The fraction of sp³-hybridized carbons (Fsp3) is 0.667. The molecule has 1 aliphatic heterocycles. The molecule has 0 radical (unpaired) electrons. The Labute approximate surface area is 187 Å². The van der Waals surface area contributed by atoms with E-state index in [1.807, 2.05) is 25.2 Å².